The molecule has 0 bridgehead atoms. The van der Waals surface area contributed by atoms with Crippen LogP contribution in [-0.2, 0) is 9.59 Å². The molecule has 0 spiro atoms. The summed E-state index contributed by atoms with van der Waals surface area (Å²) < 4.78 is 0. The fourth-order valence-corrected chi connectivity index (χ4v) is 1.69. The van der Waals surface area contributed by atoms with E-state index in [0.29, 0.717) is 19.4 Å². The number of hydrogen-bond donors (Lipinski definition) is 1. The Kier molecular flexibility index (Phi) is 6.36. The lowest BCUT2D eigenvalue weighted by Crippen LogP contribution is -2.35. The van der Waals surface area contributed by atoms with E-state index in [9.17, 15) is 9.59 Å². The Morgan fingerprint density at radius 2 is 1.95 bits per heavy atom. The first-order valence-electron chi connectivity index (χ1n) is 6.34. The number of aliphatic carboxylic acids is 1. The van der Waals surface area contributed by atoms with E-state index in [0.717, 1.165) is 5.56 Å². The van der Waals surface area contributed by atoms with Gasteiger partial charge in [-0.3, -0.25) is 9.59 Å². The number of carboxylic acid groups (broad SMARTS) is 1. The second-order valence-corrected chi connectivity index (χ2v) is 4.15. The molecule has 1 amide bonds. The average Bonchev–Trinajstić information content (AvgIpc) is 2.41. The van der Waals surface area contributed by atoms with E-state index < -0.39 is 5.97 Å². The number of carbonyl (C=O) groups is 2. The zero-order chi connectivity index (χ0) is 14.1. The molecule has 1 rings (SSSR count). The van der Waals surface area contributed by atoms with Gasteiger partial charge in [-0.05, 0) is 18.9 Å². The van der Waals surface area contributed by atoms with Crippen molar-refractivity contribution in [2.45, 2.75) is 19.8 Å². The number of allylic oxidation sites excluding steroid dienone is 1. The topological polar surface area (TPSA) is 57.6 Å². The highest BCUT2D eigenvalue weighted by atomic mass is 16.4. The van der Waals surface area contributed by atoms with Crippen molar-refractivity contribution in [2.24, 2.45) is 0 Å². The van der Waals surface area contributed by atoms with Gasteiger partial charge >= 0.3 is 5.97 Å². The maximum absolute atomic E-state index is 11.7. The average molecular weight is 261 g/mol. The summed E-state index contributed by atoms with van der Waals surface area (Å²) in [7, 11) is 0. The maximum atomic E-state index is 11.7. The maximum Gasteiger partial charge on any atom is 0.323 e. The van der Waals surface area contributed by atoms with Gasteiger partial charge in [-0.25, -0.2) is 0 Å². The molecule has 1 N–H and O–H groups in total. The molecule has 0 aliphatic rings. The predicted octanol–water partition coefficient (Wildman–Crippen LogP) is 2.41. The van der Waals surface area contributed by atoms with Crippen LogP contribution in [0.3, 0.4) is 0 Å². The van der Waals surface area contributed by atoms with Crippen LogP contribution < -0.4 is 0 Å². The molecule has 0 radical (unpaired) electrons. The third-order valence-electron chi connectivity index (χ3n) is 2.70. The molecule has 0 fully saturated rings. The number of nitrogens with zero attached hydrogens (tertiary/aromatic N) is 1. The summed E-state index contributed by atoms with van der Waals surface area (Å²) in [5.74, 6) is -1.10. The summed E-state index contributed by atoms with van der Waals surface area (Å²) >= 11 is 0. The van der Waals surface area contributed by atoms with Crippen LogP contribution in [0.2, 0.25) is 0 Å². The van der Waals surface area contributed by atoms with E-state index in [-0.39, 0.29) is 12.5 Å². The fourth-order valence-electron chi connectivity index (χ4n) is 1.69. The summed E-state index contributed by atoms with van der Waals surface area (Å²) in [6.07, 6.45) is 4.84. The summed E-state index contributed by atoms with van der Waals surface area (Å²) in [5.41, 5.74) is 1.09. The van der Waals surface area contributed by atoms with Crippen molar-refractivity contribution in [2.75, 3.05) is 13.1 Å². The zero-order valence-corrected chi connectivity index (χ0v) is 11.1. The zero-order valence-electron chi connectivity index (χ0n) is 11.1. The highest BCUT2D eigenvalue weighted by Crippen LogP contribution is 2.04. The molecule has 4 nitrogen and oxygen atoms in total. The summed E-state index contributed by atoms with van der Waals surface area (Å²) in [6.45, 7) is 1.98. The molecule has 4 heteroatoms. The Balaban J connectivity index is 2.37. The highest BCUT2D eigenvalue weighted by Gasteiger charge is 2.13. The van der Waals surface area contributed by atoms with Gasteiger partial charge in [0.2, 0.25) is 5.91 Å². The van der Waals surface area contributed by atoms with Crippen molar-refractivity contribution >= 4 is 18.0 Å². The Morgan fingerprint density at radius 3 is 2.53 bits per heavy atom. The van der Waals surface area contributed by atoms with E-state index in [4.69, 9.17) is 5.11 Å². The van der Waals surface area contributed by atoms with Crippen LogP contribution in [-0.4, -0.2) is 35.0 Å². The molecule has 0 aliphatic heterocycles. The molecule has 102 valence electrons. The van der Waals surface area contributed by atoms with E-state index in [1.165, 1.54) is 4.90 Å². The van der Waals surface area contributed by atoms with Gasteiger partial charge in [0.05, 0.1) is 0 Å². The van der Waals surface area contributed by atoms with Gasteiger partial charge in [0, 0.05) is 13.0 Å². The van der Waals surface area contributed by atoms with Crippen molar-refractivity contribution < 1.29 is 14.7 Å². The molecule has 1 aromatic carbocycles. The van der Waals surface area contributed by atoms with Crippen LogP contribution in [0.25, 0.3) is 6.08 Å². The minimum absolute atomic E-state index is 0.123. The van der Waals surface area contributed by atoms with Crippen LogP contribution in [0, 0.1) is 0 Å². The number of hydrogen-bond acceptors (Lipinski definition) is 2. The fraction of sp³-hybridized carbons (Fsp3) is 0.333. The third kappa shape index (κ3) is 5.86. The van der Waals surface area contributed by atoms with Gasteiger partial charge in [-0.2, -0.15) is 0 Å². The number of likely N-dealkylation sites (N-methyl/N-ethyl adjacent to an activating group) is 1. The molecule has 0 heterocycles. The molecule has 0 saturated carbocycles. The first kappa shape index (κ1) is 15.0. The third-order valence-corrected chi connectivity index (χ3v) is 2.70. The van der Waals surface area contributed by atoms with Gasteiger partial charge < -0.3 is 10.0 Å². The van der Waals surface area contributed by atoms with Crippen LogP contribution in [0.5, 0.6) is 0 Å². The number of carbonyl (C=O) groups excluding carboxylic acids is 1. The standard InChI is InChI=1S/C15H19NO3/c1-2-16(12-15(18)19)14(17)11-7-6-10-13-8-4-3-5-9-13/h3-6,8-10H,2,7,11-12H2,1H3,(H,18,19)/b10-6+. The van der Waals surface area contributed by atoms with Crippen molar-refractivity contribution in [1.82, 2.24) is 4.90 Å². The second kappa shape index (κ2) is 8.08. The smallest absolute Gasteiger partial charge is 0.323 e. The van der Waals surface area contributed by atoms with Crippen LogP contribution in [0.4, 0.5) is 0 Å². The number of rotatable bonds is 7. The highest BCUT2D eigenvalue weighted by molar-refractivity contribution is 5.81. The van der Waals surface area contributed by atoms with E-state index in [1.807, 2.05) is 42.5 Å². The summed E-state index contributed by atoms with van der Waals surface area (Å²) in [5, 5.41) is 8.68. The van der Waals surface area contributed by atoms with Gasteiger partial charge in [0.1, 0.15) is 6.54 Å². The van der Waals surface area contributed by atoms with Crippen LogP contribution in [0.15, 0.2) is 36.4 Å². The Bertz CT molecular complexity index is 440. The number of amides is 1. The van der Waals surface area contributed by atoms with Crippen molar-refractivity contribution in [3.05, 3.63) is 42.0 Å². The SMILES string of the molecule is CCN(CC(=O)O)C(=O)CC/C=C/c1ccccc1. The molecular formula is C15H19NO3. The first-order chi connectivity index (χ1) is 9.13. The van der Waals surface area contributed by atoms with Crippen LogP contribution >= 0.6 is 0 Å². The minimum Gasteiger partial charge on any atom is -0.480 e. The van der Waals surface area contributed by atoms with Crippen molar-refractivity contribution in [1.29, 1.82) is 0 Å². The Morgan fingerprint density at radius 1 is 1.26 bits per heavy atom. The van der Waals surface area contributed by atoms with E-state index >= 15 is 0 Å². The largest absolute Gasteiger partial charge is 0.480 e. The molecule has 0 atom stereocenters. The second-order valence-electron chi connectivity index (χ2n) is 4.15. The number of carboxylic acids is 1. The van der Waals surface area contributed by atoms with E-state index in [2.05, 4.69) is 0 Å². The molecule has 19 heavy (non-hydrogen) atoms. The molecular weight excluding hydrogens is 242 g/mol. The van der Waals surface area contributed by atoms with Crippen molar-refractivity contribution in [3.8, 4) is 0 Å². The minimum atomic E-state index is -0.977. The molecule has 0 saturated heterocycles. The first-order valence-corrected chi connectivity index (χ1v) is 6.34. The van der Waals surface area contributed by atoms with Gasteiger partial charge in [0.15, 0.2) is 0 Å². The lowest BCUT2D eigenvalue weighted by Gasteiger charge is -2.17. The molecule has 0 unspecified atom stereocenters. The van der Waals surface area contributed by atoms with Gasteiger partial charge in [0.25, 0.3) is 0 Å². The molecule has 0 aromatic heterocycles. The lowest BCUT2D eigenvalue weighted by molar-refractivity contribution is -0.144. The Hall–Kier alpha value is -2.10. The van der Waals surface area contributed by atoms with Gasteiger partial charge in [-0.15, -0.1) is 0 Å². The molecule has 1 aromatic rings. The monoisotopic (exact) mass is 261 g/mol. The lowest BCUT2D eigenvalue weighted by atomic mass is 10.2. The quantitative estimate of drug-likeness (QED) is 0.820. The van der Waals surface area contributed by atoms with E-state index in [1.54, 1.807) is 6.92 Å². The predicted molar refractivity (Wildman–Crippen MR) is 74.6 cm³/mol. The number of benzene rings is 1. The molecule has 0 aliphatic carbocycles. The van der Waals surface area contributed by atoms with Gasteiger partial charge in [-0.1, -0.05) is 42.5 Å². The normalized spacial score (nSPS) is 10.6. The Labute approximate surface area is 113 Å². The summed E-state index contributed by atoms with van der Waals surface area (Å²) in [4.78, 5) is 23.7. The van der Waals surface area contributed by atoms with Crippen molar-refractivity contribution in [3.63, 3.8) is 0 Å². The summed E-state index contributed by atoms with van der Waals surface area (Å²) in [6, 6.07) is 9.83. The van der Waals surface area contributed by atoms with Crippen LogP contribution in [0.1, 0.15) is 25.3 Å².